The second-order valence-electron chi connectivity index (χ2n) is 13.4. The summed E-state index contributed by atoms with van der Waals surface area (Å²) in [4.78, 5) is 12.1. The number of nitriles is 1. The summed E-state index contributed by atoms with van der Waals surface area (Å²) in [5.41, 5.74) is 4.64. The highest BCUT2D eigenvalue weighted by atomic mass is 35.5. The van der Waals surface area contributed by atoms with E-state index in [1.165, 1.54) is 0 Å². The van der Waals surface area contributed by atoms with Crippen molar-refractivity contribution in [2.24, 2.45) is 10.8 Å². The van der Waals surface area contributed by atoms with Crippen LogP contribution in [-0.4, -0.2) is 40.8 Å². The zero-order valence-corrected chi connectivity index (χ0v) is 25.4. The maximum absolute atomic E-state index is 9.62. The third-order valence-corrected chi connectivity index (χ3v) is 10.4. The van der Waals surface area contributed by atoms with Crippen LogP contribution in [0.2, 0.25) is 5.02 Å². The number of benzene rings is 2. The Balaban J connectivity index is 1.05. The van der Waals surface area contributed by atoms with Gasteiger partial charge < -0.3 is 23.7 Å². The van der Waals surface area contributed by atoms with Crippen molar-refractivity contribution < 1.29 is 14.2 Å². The van der Waals surface area contributed by atoms with Gasteiger partial charge in [0.25, 0.3) is 5.79 Å². The number of ether oxygens (including phenoxy) is 3. The van der Waals surface area contributed by atoms with Crippen molar-refractivity contribution in [2.45, 2.75) is 57.8 Å². The number of pyridine rings is 1. The second kappa shape index (κ2) is 9.35. The van der Waals surface area contributed by atoms with Gasteiger partial charge in [0.2, 0.25) is 0 Å². The molecular weight excluding hydrogens is 562 g/mol. The van der Waals surface area contributed by atoms with E-state index in [1.807, 2.05) is 43.3 Å². The highest BCUT2D eigenvalue weighted by Crippen LogP contribution is 2.66. The Bertz CT molecular complexity index is 1790. The van der Waals surface area contributed by atoms with E-state index in [1.54, 1.807) is 12.3 Å². The molecule has 3 aliphatic heterocycles. The molecule has 0 unspecified atom stereocenters. The van der Waals surface area contributed by atoms with Gasteiger partial charge in [0.05, 0.1) is 52.6 Å². The molecule has 1 aliphatic carbocycles. The molecule has 0 N–H and O–H groups in total. The van der Waals surface area contributed by atoms with Crippen molar-refractivity contribution in [1.82, 2.24) is 14.5 Å². The largest absolute Gasteiger partial charge is 0.443 e. The molecule has 220 valence electrons. The molecule has 4 aromatic rings. The fourth-order valence-corrected chi connectivity index (χ4v) is 7.61. The number of halogens is 1. The van der Waals surface area contributed by atoms with E-state index in [2.05, 4.69) is 40.4 Å². The van der Waals surface area contributed by atoms with Crippen LogP contribution in [-0.2, 0) is 10.5 Å². The van der Waals surface area contributed by atoms with Gasteiger partial charge in [-0.25, -0.2) is 4.98 Å². The van der Waals surface area contributed by atoms with E-state index in [4.69, 9.17) is 30.8 Å². The van der Waals surface area contributed by atoms with E-state index in [9.17, 15) is 5.26 Å². The van der Waals surface area contributed by atoms with E-state index < -0.39 is 5.79 Å². The molecule has 0 bridgehead atoms. The monoisotopic (exact) mass is 595 g/mol. The molecular formula is C34H34ClN5O3. The maximum Gasteiger partial charge on any atom is 0.292 e. The van der Waals surface area contributed by atoms with Crippen molar-refractivity contribution >= 4 is 28.3 Å². The summed E-state index contributed by atoms with van der Waals surface area (Å²) < 4.78 is 21.2. The average molecular weight is 596 g/mol. The number of anilines is 1. The van der Waals surface area contributed by atoms with Gasteiger partial charge >= 0.3 is 0 Å². The third-order valence-electron chi connectivity index (χ3n) is 10.2. The van der Waals surface area contributed by atoms with Crippen molar-refractivity contribution in [2.75, 3.05) is 31.2 Å². The summed E-state index contributed by atoms with van der Waals surface area (Å²) >= 11 is 6.07. The Hall–Kier alpha value is -3.80. The van der Waals surface area contributed by atoms with Crippen LogP contribution >= 0.6 is 11.6 Å². The molecule has 43 heavy (non-hydrogen) atoms. The normalized spacial score (nSPS) is 26.6. The number of hydrogen-bond acceptors (Lipinski definition) is 7. The molecule has 4 aliphatic rings. The first-order valence-corrected chi connectivity index (χ1v) is 15.5. The van der Waals surface area contributed by atoms with Gasteiger partial charge in [-0.3, -0.25) is 4.98 Å². The van der Waals surface area contributed by atoms with E-state index >= 15 is 0 Å². The minimum atomic E-state index is -1.01. The minimum Gasteiger partial charge on any atom is -0.443 e. The summed E-state index contributed by atoms with van der Waals surface area (Å²) in [6.45, 7) is 9.70. The predicted octanol–water partition coefficient (Wildman–Crippen LogP) is 6.97. The van der Waals surface area contributed by atoms with Gasteiger partial charge in [0.1, 0.15) is 11.5 Å². The SMILES string of the molecule is CC1(C)COC[C@H]1n1c([C@@H]2CC23CCN(c2cccc4c2O[C@@](C)(c2ccc(Cl)cn2)O4)CC3)nc2ccc(C#N)cc21. The van der Waals surface area contributed by atoms with Gasteiger partial charge in [0, 0.05) is 37.5 Å². The first-order valence-electron chi connectivity index (χ1n) is 15.1. The zero-order chi connectivity index (χ0) is 29.6. The Kier molecular flexibility index (Phi) is 5.83. The van der Waals surface area contributed by atoms with Crippen LogP contribution < -0.4 is 14.4 Å². The fourth-order valence-electron chi connectivity index (χ4n) is 7.50. The van der Waals surface area contributed by atoms with Crippen LogP contribution in [0, 0.1) is 22.2 Å². The van der Waals surface area contributed by atoms with Crippen LogP contribution in [0.5, 0.6) is 11.5 Å². The standard InChI is InChI=1S/C34H34ClN5O3/c1-32(2)20-41-19-29(32)40-26-15-21(17-36)7-9-24(26)38-31(40)23-16-34(23)11-13-39(14-12-34)25-5-4-6-27-30(25)43-33(3,42-27)28-10-8-22(35)18-37-28/h4-10,15,18,23,29H,11-14,16,19-20H2,1-3H3/t23-,29+,33-/m0/s1. The van der Waals surface area contributed by atoms with Crippen LogP contribution in [0.25, 0.3) is 11.0 Å². The van der Waals surface area contributed by atoms with Crippen molar-refractivity contribution in [3.8, 4) is 17.6 Å². The molecule has 1 spiro atoms. The molecule has 2 saturated heterocycles. The average Bonchev–Trinajstić information content (AvgIpc) is 3.24. The number of hydrogen-bond donors (Lipinski definition) is 0. The van der Waals surface area contributed by atoms with Gasteiger partial charge in [-0.05, 0) is 67.1 Å². The lowest BCUT2D eigenvalue weighted by Gasteiger charge is -2.35. The first-order chi connectivity index (χ1) is 20.7. The maximum atomic E-state index is 9.62. The number of para-hydroxylation sites is 1. The van der Waals surface area contributed by atoms with Crippen LogP contribution in [0.3, 0.4) is 0 Å². The van der Waals surface area contributed by atoms with Crippen molar-refractivity contribution in [3.63, 3.8) is 0 Å². The van der Waals surface area contributed by atoms with E-state index in [0.717, 1.165) is 73.0 Å². The second-order valence-corrected chi connectivity index (χ2v) is 13.8. The number of fused-ring (bicyclic) bond motifs is 2. The summed E-state index contributed by atoms with van der Waals surface area (Å²) in [7, 11) is 0. The van der Waals surface area contributed by atoms with E-state index in [0.29, 0.717) is 28.8 Å². The smallest absolute Gasteiger partial charge is 0.292 e. The molecule has 8 rings (SSSR count). The Morgan fingerprint density at radius 1 is 1.05 bits per heavy atom. The molecule has 2 aromatic carbocycles. The summed E-state index contributed by atoms with van der Waals surface area (Å²) in [5, 5.41) is 10.2. The lowest BCUT2D eigenvalue weighted by Crippen LogP contribution is -2.36. The van der Waals surface area contributed by atoms with Crippen molar-refractivity contribution in [1.29, 1.82) is 5.26 Å². The van der Waals surface area contributed by atoms with E-state index in [-0.39, 0.29) is 16.9 Å². The topological polar surface area (TPSA) is 85.4 Å². The first kappa shape index (κ1) is 26.8. The highest BCUT2D eigenvalue weighted by Gasteiger charge is 2.58. The van der Waals surface area contributed by atoms with Gasteiger partial charge in [-0.1, -0.05) is 31.5 Å². The van der Waals surface area contributed by atoms with Crippen LogP contribution in [0.15, 0.2) is 54.7 Å². The fraction of sp³-hybridized carbons (Fsp3) is 0.441. The quantitative estimate of drug-likeness (QED) is 0.252. The number of rotatable bonds is 4. The molecule has 2 aromatic heterocycles. The Morgan fingerprint density at radius 3 is 2.60 bits per heavy atom. The Morgan fingerprint density at radius 2 is 1.88 bits per heavy atom. The molecule has 3 fully saturated rings. The van der Waals surface area contributed by atoms with Gasteiger partial charge in [0.15, 0.2) is 11.5 Å². The summed E-state index contributed by atoms with van der Waals surface area (Å²) in [6.07, 6.45) is 4.91. The van der Waals surface area contributed by atoms with Gasteiger partial charge in [-0.2, -0.15) is 5.26 Å². The number of nitrogens with zero attached hydrogens (tertiary/aromatic N) is 5. The number of aromatic nitrogens is 3. The molecule has 9 heteroatoms. The Labute approximate surface area is 256 Å². The van der Waals surface area contributed by atoms with Crippen LogP contribution in [0.1, 0.15) is 69.1 Å². The molecule has 5 heterocycles. The number of piperidine rings is 1. The number of imidazole rings is 1. The molecule has 8 nitrogen and oxygen atoms in total. The lowest BCUT2D eigenvalue weighted by molar-refractivity contribution is -0.0716. The summed E-state index contributed by atoms with van der Waals surface area (Å²) in [5.74, 6) is 2.04. The minimum absolute atomic E-state index is 0.0117. The molecule has 3 atom stereocenters. The third kappa shape index (κ3) is 4.20. The molecule has 1 saturated carbocycles. The van der Waals surface area contributed by atoms with Crippen molar-refractivity contribution in [3.05, 3.63) is 76.8 Å². The molecule has 0 amide bonds. The highest BCUT2D eigenvalue weighted by molar-refractivity contribution is 6.30. The lowest BCUT2D eigenvalue weighted by atomic mass is 9.87. The molecule has 0 radical (unpaired) electrons. The van der Waals surface area contributed by atoms with Crippen LogP contribution in [0.4, 0.5) is 5.69 Å². The zero-order valence-electron chi connectivity index (χ0n) is 24.6. The predicted molar refractivity (Wildman–Crippen MR) is 164 cm³/mol. The van der Waals surface area contributed by atoms with Gasteiger partial charge in [-0.15, -0.1) is 0 Å². The summed E-state index contributed by atoms with van der Waals surface area (Å²) in [6, 6.07) is 18.1.